The molecule has 0 spiro atoms. The average Bonchev–Trinajstić information content (AvgIpc) is 3.92. The molecule has 0 radical (unpaired) electrons. The van der Waals surface area contributed by atoms with Gasteiger partial charge in [-0.25, -0.2) is 15.0 Å². The first kappa shape index (κ1) is 14.3. The van der Waals surface area contributed by atoms with Gasteiger partial charge in [0.2, 0.25) is 0 Å². The quantitative estimate of drug-likeness (QED) is 0.185. The zero-order valence-corrected chi connectivity index (χ0v) is 25.4. The molecule has 5 heteroatoms. The SMILES string of the molecule is [2H]c1c([2H])c([2H])c(-c2nc(-c3ccccc3-n3c4c([2H])c([2H])c([2H])c([2H])c4c4c([2H])c([2H])c([2H])c([2H])c43)nc(-c3ccccc3-n3c4c([2H])c([2H])c([2H])c([2H])c4c4c([2H])c([2H])c([2H])c([2H])c43)n2)c([2H])c1[2H]. The van der Waals surface area contributed by atoms with Crippen LogP contribution in [0.25, 0.3) is 89.2 Å². The summed E-state index contributed by atoms with van der Waals surface area (Å²) in [5, 5.41) is -0.889. The smallest absolute Gasteiger partial charge is 0.166 e. The second-order valence-corrected chi connectivity index (χ2v) is 10.9. The highest BCUT2D eigenvalue weighted by Gasteiger charge is 2.21. The highest BCUT2D eigenvalue weighted by molar-refractivity contribution is 6.10. The molecule has 7 aromatic carbocycles. The molecule has 0 aliphatic heterocycles. The molecule has 0 fully saturated rings. The van der Waals surface area contributed by atoms with Gasteiger partial charge in [-0.3, -0.25) is 0 Å². The number of benzene rings is 7. The highest BCUT2D eigenvalue weighted by atomic mass is 15.1. The van der Waals surface area contributed by atoms with Gasteiger partial charge in [0.15, 0.2) is 17.5 Å². The molecule has 5 nitrogen and oxygen atoms in total. The standard InChI is InChI=1S/C45H29N5/c1-2-16-30(17-3-1)43-46-44(35-22-8-14-28-41(35)49-37-24-10-4-18-31(37)32-19-5-11-25-38(32)49)48-45(47-43)36-23-9-15-29-42(36)50-39-26-12-6-20-33(39)34-21-7-13-27-40(34)50/h1-29H/i1D,2D,3D,4D,5D,6D,7D,10D,11D,12D,13D,16D,17D,18D,19D,20D,21D,24D,25D,26D,27D. The molecule has 0 aliphatic rings. The van der Waals surface area contributed by atoms with E-state index in [9.17, 15) is 0 Å². The van der Waals surface area contributed by atoms with Crippen molar-refractivity contribution in [1.29, 1.82) is 0 Å². The Morgan fingerprint density at radius 1 is 0.360 bits per heavy atom. The van der Waals surface area contributed by atoms with Gasteiger partial charge in [0.1, 0.15) is 0 Å². The van der Waals surface area contributed by atoms with Crippen LogP contribution in [-0.2, 0) is 0 Å². The van der Waals surface area contributed by atoms with Crippen LogP contribution in [0, 0.1) is 0 Å². The summed E-state index contributed by atoms with van der Waals surface area (Å²) in [6.07, 6.45) is 0. The van der Waals surface area contributed by atoms with Crippen molar-refractivity contribution in [2.45, 2.75) is 0 Å². The Balaban J connectivity index is 1.38. The number of aromatic nitrogens is 5. The Kier molecular flexibility index (Phi) is 3.26. The molecule has 0 amide bonds. The van der Waals surface area contributed by atoms with E-state index in [-0.39, 0.29) is 77.8 Å². The van der Waals surface area contributed by atoms with Crippen LogP contribution < -0.4 is 0 Å². The lowest BCUT2D eigenvalue weighted by Crippen LogP contribution is -2.05. The van der Waals surface area contributed by atoms with Gasteiger partial charge in [0.05, 0.1) is 62.2 Å². The second-order valence-electron chi connectivity index (χ2n) is 10.9. The summed E-state index contributed by atoms with van der Waals surface area (Å²) in [5.41, 5.74) is -1.46. The van der Waals surface area contributed by atoms with Crippen molar-refractivity contribution < 1.29 is 28.8 Å². The van der Waals surface area contributed by atoms with Crippen molar-refractivity contribution in [3.05, 3.63) is 175 Å². The first-order valence-corrected chi connectivity index (χ1v) is 15.1. The fourth-order valence-corrected chi connectivity index (χ4v) is 6.13. The maximum atomic E-state index is 9.12. The lowest BCUT2D eigenvalue weighted by Gasteiger charge is -2.16. The van der Waals surface area contributed by atoms with Crippen molar-refractivity contribution >= 4 is 43.6 Å². The minimum absolute atomic E-state index is 0.000894. The highest BCUT2D eigenvalue weighted by Crippen LogP contribution is 2.38. The maximum absolute atomic E-state index is 9.12. The van der Waals surface area contributed by atoms with E-state index in [1.807, 2.05) is 0 Å². The van der Waals surface area contributed by atoms with E-state index >= 15 is 0 Å². The van der Waals surface area contributed by atoms with Crippen LogP contribution in [0.3, 0.4) is 0 Å². The molecule has 0 saturated carbocycles. The van der Waals surface area contributed by atoms with Gasteiger partial charge in [-0.15, -0.1) is 0 Å². The predicted molar refractivity (Wildman–Crippen MR) is 205 cm³/mol. The fourth-order valence-electron chi connectivity index (χ4n) is 6.13. The first-order chi connectivity index (χ1) is 33.5. The van der Waals surface area contributed by atoms with Gasteiger partial charge in [-0.05, 0) is 48.4 Å². The Morgan fingerprint density at radius 3 is 1.12 bits per heavy atom. The summed E-state index contributed by atoms with van der Waals surface area (Å²) < 4.78 is 187. The first-order valence-electron chi connectivity index (χ1n) is 25.6. The number of para-hydroxylation sites is 6. The van der Waals surface area contributed by atoms with Gasteiger partial charge in [-0.1, -0.05) is 127 Å². The topological polar surface area (TPSA) is 48.5 Å². The lowest BCUT2D eigenvalue weighted by atomic mass is 10.1. The summed E-state index contributed by atoms with van der Waals surface area (Å²) in [6.45, 7) is 0. The average molecular weight is 661 g/mol. The van der Waals surface area contributed by atoms with Gasteiger partial charge in [-0.2, -0.15) is 0 Å². The molecule has 0 saturated heterocycles. The van der Waals surface area contributed by atoms with Crippen LogP contribution in [0.2, 0.25) is 0 Å². The minimum Gasteiger partial charge on any atom is -0.309 e. The van der Waals surface area contributed by atoms with E-state index < -0.39 is 138 Å². The number of rotatable bonds is 5. The van der Waals surface area contributed by atoms with E-state index in [0.29, 0.717) is 0 Å². The summed E-state index contributed by atoms with van der Waals surface area (Å²) >= 11 is 0. The van der Waals surface area contributed by atoms with E-state index in [0.717, 1.165) is 0 Å². The summed E-state index contributed by atoms with van der Waals surface area (Å²) in [5.74, 6) is -1.13. The minimum atomic E-state index is -0.743. The number of fused-ring (bicyclic) bond motifs is 6. The number of hydrogen-bond acceptors (Lipinski definition) is 3. The Morgan fingerprint density at radius 2 is 0.700 bits per heavy atom. The van der Waals surface area contributed by atoms with E-state index in [2.05, 4.69) is 9.97 Å². The molecule has 0 N–H and O–H groups in total. The summed E-state index contributed by atoms with van der Waals surface area (Å²) in [7, 11) is 0. The molecule has 50 heavy (non-hydrogen) atoms. The molecule has 0 atom stereocenters. The third kappa shape index (κ3) is 4.37. The van der Waals surface area contributed by atoms with Crippen molar-refractivity contribution in [2.24, 2.45) is 0 Å². The molecule has 10 aromatic rings. The molecule has 234 valence electrons. The van der Waals surface area contributed by atoms with Crippen LogP contribution in [-0.4, -0.2) is 24.1 Å². The van der Waals surface area contributed by atoms with Crippen LogP contribution >= 0.6 is 0 Å². The zero-order valence-electron chi connectivity index (χ0n) is 46.4. The van der Waals surface area contributed by atoms with Crippen LogP contribution in [0.5, 0.6) is 0 Å². The summed E-state index contributed by atoms with van der Waals surface area (Å²) in [4.78, 5) is 14.2. The Hall–Kier alpha value is -6.85. The predicted octanol–water partition coefficient (Wildman–Crippen LogP) is 11.1. The monoisotopic (exact) mass is 660 g/mol. The Labute approximate surface area is 317 Å². The fraction of sp³-hybridized carbons (Fsp3) is 0. The molecular formula is C45H29N5. The van der Waals surface area contributed by atoms with Gasteiger partial charge in [0, 0.05) is 38.2 Å². The number of hydrogen-bond donors (Lipinski definition) is 0. The third-order valence-electron chi connectivity index (χ3n) is 8.20. The Bertz CT molecular complexity index is 3680. The van der Waals surface area contributed by atoms with E-state index in [1.165, 1.54) is 57.7 Å². The molecule has 10 rings (SSSR count). The summed E-state index contributed by atoms with van der Waals surface area (Å²) in [6, 6.07) is -1.75. The maximum Gasteiger partial charge on any atom is 0.166 e. The second kappa shape index (κ2) is 11.4. The van der Waals surface area contributed by atoms with E-state index in [4.69, 9.17) is 33.8 Å². The van der Waals surface area contributed by atoms with Crippen LogP contribution in [0.15, 0.2) is 175 Å². The van der Waals surface area contributed by atoms with Gasteiger partial charge >= 0.3 is 0 Å². The molecule has 0 aliphatic carbocycles. The third-order valence-corrected chi connectivity index (χ3v) is 8.20. The van der Waals surface area contributed by atoms with Crippen molar-refractivity contribution in [3.63, 3.8) is 0 Å². The van der Waals surface area contributed by atoms with E-state index in [1.54, 1.807) is 0 Å². The number of nitrogens with zero attached hydrogens (tertiary/aromatic N) is 5. The largest absolute Gasteiger partial charge is 0.309 e. The normalized spacial score (nSPS) is 17.5. The molecule has 0 unspecified atom stereocenters. The molecule has 0 bridgehead atoms. The van der Waals surface area contributed by atoms with Crippen LogP contribution in [0.1, 0.15) is 28.8 Å². The van der Waals surface area contributed by atoms with Crippen molar-refractivity contribution in [2.75, 3.05) is 0 Å². The van der Waals surface area contributed by atoms with Crippen LogP contribution in [0.4, 0.5) is 0 Å². The van der Waals surface area contributed by atoms with Gasteiger partial charge < -0.3 is 9.13 Å². The van der Waals surface area contributed by atoms with Crippen molar-refractivity contribution in [1.82, 2.24) is 24.1 Å². The molecule has 3 heterocycles. The zero-order chi connectivity index (χ0) is 51.3. The van der Waals surface area contributed by atoms with Crippen molar-refractivity contribution in [3.8, 4) is 45.5 Å². The molecular weight excluding hydrogens is 611 g/mol. The van der Waals surface area contributed by atoms with Gasteiger partial charge in [0.25, 0.3) is 0 Å². The molecule has 3 aromatic heterocycles. The lowest BCUT2D eigenvalue weighted by molar-refractivity contribution is 1.06.